The van der Waals surface area contributed by atoms with Gasteiger partial charge in [-0.2, -0.15) is 0 Å². The number of ether oxygens (including phenoxy) is 1. The van der Waals surface area contributed by atoms with E-state index in [-0.39, 0.29) is 5.54 Å². The molecule has 1 heterocycles. The fourth-order valence-electron chi connectivity index (χ4n) is 3.22. The van der Waals surface area contributed by atoms with Crippen molar-refractivity contribution >= 4 is 11.6 Å². The molecule has 1 fully saturated rings. The molecular weight excluding hydrogens is 338 g/mol. The van der Waals surface area contributed by atoms with Crippen LogP contribution in [0.15, 0.2) is 35.3 Å². The van der Waals surface area contributed by atoms with E-state index in [9.17, 15) is 0 Å². The highest BCUT2D eigenvalue weighted by molar-refractivity contribution is 5.79. The maximum Gasteiger partial charge on any atom is 0.191 e. The van der Waals surface area contributed by atoms with Crippen LogP contribution >= 0.6 is 0 Å². The van der Waals surface area contributed by atoms with Crippen LogP contribution in [-0.4, -0.2) is 75.9 Å². The van der Waals surface area contributed by atoms with E-state index in [2.05, 4.69) is 78.6 Å². The summed E-state index contributed by atoms with van der Waals surface area (Å²) in [5.74, 6) is 0.904. The molecule has 0 spiro atoms. The molecule has 0 atom stereocenters. The molecule has 2 N–H and O–H groups in total. The molecule has 2 rings (SSSR count). The van der Waals surface area contributed by atoms with E-state index in [0.29, 0.717) is 0 Å². The zero-order chi connectivity index (χ0) is 19.5. The van der Waals surface area contributed by atoms with Crippen LogP contribution in [0.2, 0.25) is 0 Å². The number of hydrogen-bond acceptors (Lipinski definition) is 4. The Morgan fingerprint density at radius 1 is 1.19 bits per heavy atom. The van der Waals surface area contributed by atoms with Crippen LogP contribution in [0.5, 0.6) is 0 Å². The Bertz CT molecular complexity index is 555. The van der Waals surface area contributed by atoms with Gasteiger partial charge >= 0.3 is 0 Å². The Kier molecular flexibility index (Phi) is 8.88. The Hall–Kier alpha value is -1.79. The van der Waals surface area contributed by atoms with Crippen LogP contribution in [0.25, 0.3) is 0 Å². The molecule has 0 amide bonds. The van der Waals surface area contributed by atoms with Crippen LogP contribution < -0.4 is 15.5 Å². The average Bonchev–Trinajstić information content (AvgIpc) is 2.70. The van der Waals surface area contributed by atoms with E-state index in [1.807, 2.05) is 0 Å². The van der Waals surface area contributed by atoms with Gasteiger partial charge in [0.1, 0.15) is 0 Å². The van der Waals surface area contributed by atoms with Crippen LogP contribution in [0.4, 0.5) is 5.69 Å². The predicted molar refractivity (Wildman–Crippen MR) is 115 cm³/mol. The smallest absolute Gasteiger partial charge is 0.191 e. The molecule has 1 aliphatic rings. The number of para-hydroxylation sites is 1. The van der Waals surface area contributed by atoms with Gasteiger partial charge in [0.05, 0.1) is 19.8 Å². The summed E-state index contributed by atoms with van der Waals surface area (Å²) >= 11 is 0. The van der Waals surface area contributed by atoms with Gasteiger partial charge in [-0.15, -0.1) is 0 Å². The number of rotatable bonds is 9. The van der Waals surface area contributed by atoms with Crippen molar-refractivity contribution in [2.45, 2.75) is 32.7 Å². The van der Waals surface area contributed by atoms with E-state index < -0.39 is 0 Å². The van der Waals surface area contributed by atoms with Crippen molar-refractivity contribution in [3.05, 3.63) is 30.3 Å². The first kappa shape index (κ1) is 21.5. The quantitative estimate of drug-likeness (QED) is 0.394. The molecule has 0 unspecified atom stereocenters. The van der Waals surface area contributed by atoms with Crippen molar-refractivity contribution in [2.24, 2.45) is 4.99 Å². The standard InChI is InChI=1S/C21H37N5O/c1-5-22-20(24-18-21(2,3)26-14-16-27-17-15-26)23-12-9-13-25(4)19-10-7-6-8-11-19/h6-8,10-11H,5,9,12-18H2,1-4H3,(H2,22,23,24). The minimum absolute atomic E-state index is 0.0413. The molecule has 0 aliphatic carbocycles. The summed E-state index contributed by atoms with van der Waals surface area (Å²) in [5.41, 5.74) is 1.30. The van der Waals surface area contributed by atoms with Gasteiger partial charge in [-0.25, -0.2) is 0 Å². The van der Waals surface area contributed by atoms with E-state index in [0.717, 1.165) is 64.9 Å². The second-order valence-corrected chi connectivity index (χ2v) is 7.64. The molecular formula is C21H37N5O. The fraction of sp³-hybridized carbons (Fsp3) is 0.667. The van der Waals surface area contributed by atoms with E-state index in [1.54, 1.807) is 0 Å². The summed E-state index contributed by atoms with van der Waals surface area (Å²) in [6.45, 7) is 13.8. The molecule has 1 aliphatic heterocycles. The monoisotopic (exact) mass is 375 g/mol. The lowest BCUT2D eigenvalue weighted by atomic mass is 10.0. The zero-order valence-electron chi connectivity index (χ0n) is 17.5. The number of nitrogens with zero attached hydrogens (tertiary/aromatic N) is 3. The minimum Gasteiger partial charge on any atom is -0.379 e. The second-order valence-electron chi connectivity index (χ2n) is 7.64. The largest absolute Gasteiger partial charge is 0.379 e. The van der Waals surface area contributed by atoms with Crippen molar-refractivity contribution in [1.29, 1.82) is 0 Å². The number of anilines is 1. The Morgan fingerprint density at radius 2 is 1.89 bits per heavy atom. The highest BCUT2D eigenvalue weighted by atomic mass is 16.5. The summed E-state index contributed by atoms with van der Waals surface area (Å²) in [4.78, 5) is 9.59. The zero-order valence-corrected chi connectivity index (χ0v) is 17.5. The first-order valence-electron chi connectivity index (χ1n) is 10.1. The number of guanidine groups is 1. The third-order valence-corrected chi connectivity index (χ3v) is 5.00. The van der Waals surface area contributed by atoms with Gasteiger partial charge in [0.15, 0.2) is 5.96 Å². The molecule has 1 aromatic carbocycles. The fourth-order valence-corrected chi connectivity index (χ4v) is 3.22. The van der Waals surface area contributed by atoms with Crippen LogP contribution in [0, 0.1) is 0 Å². The molecule has 27 heavy (non-hydrogen) atoms. The summed E-state index contributed by atoms with van der Waals surface area (Å²) in [5, 5.41) is 6.83. The third kappa shape index (κ3) is 7.39. The molecule has 152 valence electrons. The molecule has 0 aromatic heterocycles. The normalized spacial score (nSPS) is 16.2. The van der Waals surface area contributed by atoms with Crippen LogP contribution in [0.3, 0.4) is 0 Å². The van der Waals surface area contributed by atoms with E-state index >= 15 is 0 Å². The summed E-state index contributed by atoms with van der Waals surface area (Å²) in [6.07, 6.45) is 1.06. The Morgan fingerprint density at radius 3 is 2.56 bits per heavy atom. The maximum atomic E-state index is 5.47. The van der Waals surface area contributed by atoms with Gasteiger partial charge in [-0.3, -0.25) is 9.89 Å². The number of hydrogen-bond donors (Lipinski definition) is 2. The maximum absolute atomic E-state index is 5.47. The van der Waals surface area contributed by atoms with Gasteiger partial charge in [0.2, 0.25) is 0 Å². The topological polar surface area (TPSA) is 52.1 Å². The van der Waals surface area contributed by atoms with Gasteiger partial charge in [-0.1, -0.05) is 18.2 Å². The molecule has 6 heteroatoms. The lowest BCUT2D eigenvalue weighted by Crippen LogP contribution is -2.52. The Balaban J connectivity index is 1.77. The second kappa shape index (κ2) is 11.1. The van der Waals surface area contributed by atoms with Crippen molar-refractivity contribution in [2.75, 3.05) is 64.4 Å². The van der Waals surface area contributed by atoms with Gasteiger partial charge in [-0.05, 0) is 39.3 Å². The van der Waals surface area contributed by atoms with Crippen molar-refractivity contribution in [3.8, 4) is 0 Å². The van der Waals surface area contributed by atoms with Crippen LogP contribution in [0.1, 0.15) is 27.2 Å². The number of morpholine rings is 1. The SMILES string of the molecule is CCNC(=NCC(C)(C)N1CCOCC1)NCCCN(C)c1ccccc1. The predicted octanol–water partition coefficient (Wildman–Crippen LogP) is 2.18. The van der Waals surface area contributed by atoms with Crippen LogP contribution in [-0.2, 0) is 4.74 Å². The molecule has 1 saturated heterocycles. The third-order valence-electron chi connectivity index (χ3n) is 5.00. The summed E-state index contributed by atoms with van der Waals surface area (Å²) < 4.78 is 5.47. The average molecular weight is 376 g/mol. The van der Waals surface area contributed by atoms with Crippen molar-refractivity contribution in [1.82, 2.24) is 15.5 Å². The van der Waals surface area contributed by atoms with Gasteiger partial charge in [0.25, 0.3) is 0 Å². The summed E-state index contributed by atoms with van der Waals surface area (Å²) in [6, 6.07) is 10.5. The minimum atomic E-state index is 0.0413. The lowest BCUT2D eigenvalue weighted by molar-refractivity contribution is -0.00683. The van der Waals surface area contributed by atoms with Gasteiger partial charge in [0, 0.05) is 51.0 Å². The van der Waals surface area contributed by atoms with E-state index in [1.165, 1.54) is 5.69 Å². The lowest BCUT2D eigenvalue weighted by Gasteiger charge is -2.39. The Labute approximate surface area is 165 Å². The molecule has 0 bridgehead atoms. The highest BCUT2D eigenvalue weighted by Crippen LogP contribution is 2.16. The molecule has 6 nitrogen and oxygen atoms in total. The summed E-state index contributed by atoms with van der Waals surface area (Å²) in [7, 11) is 2.14. The van der Waals surface area contributed by atoms with Gasteiger partial charge < -0.3 is 20.3 Å². The van der Waals surface area contributed by atoms with Crippen molar-refractivity contribution in [3.63, 3.8) is 0 Å². The number of benzene rings is 1. The molecule has 0 radical (unpaired) electrons. The first-order valence-corrected chi connectivity index (χ1v) is 10.1. The highest BCUT2D eigenvalue weighted by Gasteiger charge is 2.28. The van der Waals surface area contributed by atoms with Crippen molar-refractivity contribution < 1.29 is 4.74 Å². The molecule has 0 saturated carbocycles. The first-order chi connectivity index (χ1) is 13.0. The number of aliphatic imine (C=N–C) groups is 1. The number of nitrogens with one attached hydrogen (secondary N) is 2. The molecule has 1 aromatic rings. The van der Waals surface area contributed by atoms with E-state index in [4.69, 9.17) is 9.73 Å².